The maximum Gasteiger partial charge on any atom is 0.331 e. The van der Waals surface area contributed by atoms with E-state index in [1.165, 1.54) is 6.08 Å². The van der Waals surface area contributed by atoms with Crippen molar-refractivity contribution < 1.29 is 19.1 Å². The fourth-order valence-electron chi connectivity index (χ4n) is 2.24. The molecule has 0 aromatic heterocycles. The molecule has 24 heavy (non-hydrogen) atoms. The van der Waals surface area contributed by atoms with Crippen LogP contribution in [0.2, 0.25) is 0 Å². The Bertz CT molecular complexity index is 534. The van der Waals surface area contributed by atoms with Gasteiger partial charge in [-0.3, -0.25) is 4.79 Å². The summed E-state index contributed by atoms with van der Waals surface area (Å²) in [4.78, 5) is 24.2. The maximum absolute atomic E-state index is 12.2. The minimum absolute atomic E-state index is 0.280. The zero-order valence-corrected chi connectivity index (χ0v) is 15.0. The summed E-state index contributed by atoms with van der Waals surface area (Å²) in [5.41, 5.74) is 0.920. The van der Waals surface area contributed by atoms with Crippen LogP contribution in [0.1, 0.15) is 46.1 Å². The Labute approximate surface area is 144 Å². The molecule has 0 aliphatic carbocycles. The molecule has 0 saturated carbocycles. The summed E-state index contributed by atoms with van der Waals surface area (Å²) in [5.74, 6) is -0.896. The smallest absolute Gasteiger partial charge is 0.331 e. The molecule has 0 heterocycles. The second kappa shape index (κ2) is 10.6. The number of carbonyl (C=O) groups is 2. The van der Waals surface area contributed by atoms with Gasteiger partial charge in [0.15, 0.2) is 0 Å². The van der Waals surface area contributed by atoms with Crippen molar-refractivity contribution in [1.82, 2.24) is 0 Å². The van der Waals surface area contributed by atoms with Crippen LogP contribution in [-0.2, 0) is 19.1 Å². The van der Waals surface area contributed by atoms with Gasteiger partial charge in [-0.1, -0.05) is 57.5 Å². The van der Waals surface area contributed by atoms with Crippen LogP contribution >= 0.6 is 0 Å². The van der Waals surface area contributed by atoms with Crippen molar-refractivity contribution in [2.75, 3.05) is 6.61 Å². The molecule has 0 bridgehead atoms. The lowest BCUT2D eigenvalue weighted by Crippen LogP contribution is -2.32. The molecule has 0 spiro atoms. The number of ether oxygens (including phenoxy) is 2. The molecule has 0 N–H and O–H groups in total. The molecule has 0 amide bonds. The number of esters is 2. The summed E-state index contributed by atoms with van der Waals surface area (Å²) in [6.45, 7) is 8.09. The van der Waals surface area contributed by atoms with Gasteiger partial charge in [-0.25, -0.2) is 4.79 Å². The number of hydrogen-bond donors (Lipinski definition) is 0. The molecule has 4 heteroatoms. The molecule has 1 aromatic rings. The summed E-state index contributed by atoms with van der Waals surface area (Å²) in [6, 6.07) is 9.51. The first-order valence-corrected chi connectivity index (χ1v) is 8.54. The van der Waals surface area contributed by atoms with Crippen molar-refractivity contribution in [1.29, 1.82) is 0 Å². The van der Waals surface area contributed by atoms with E-state index in [0.717, 1.165) is 12.0 Å². The van der Waals surface area contributed by atoms with Gasteiger partial charge in [0.25, 0.3) is 0 Å². The quantitative estimate of drug-likeness (QED) is 0.501. The summed E-state index contributed by atoms with van der Waals surface area (Å²) in [5, 5.41) is 0. The molecule has 4 nitrogen and oxygen atoms in total. The average molecular weight is 332 g/mol. The van der Waals surface area contributed by atoms with E-state index < -0.39 is 18.0 Å². The first kappa shape index (κ1) is 19.9. The zero-order chi connectivity index (χ0) is 17.9. The van der Waals surface area contributed by atoms with Crippen LogP contribution in [-0.4, -0.2) is 24.6 Å². The highest BCUT2D eigenvalue weighted by Gasteiger charge is 2.28. The van der Waals surface area contributed by atoms with E-state index in [0.29, 0.717) is 13.0 Å². The van der Waals surface area contributed by atoms with Gasteiger partial charge in [-0.2, -0.15) is 0 Å². The van der Waals surface area contributed by atoms with Crippen LogP contribution < -0.4 is 0 Å². The van der Waals surface area contributed by atoms with Crippen LogP contribution in [0.4, 0.5) is 0 Å². The highest BCUT2D eigenvalue weighted by atomic mass is 16.6. The second-order valence-electron chi connectivity index (χ2n) is 6.31. The SMILES string of the molecule is CCCC(C(=O)OCC(C)C)C(C)OC(=O)/C=C/c1ccccc1. The summed E-state index contributed by atoms with van der Waals surface area (Å²) < 4.78 is 10.7. The first-order chi connectivity index (χ1) is 11.4. The predicted octanol–water partition coefficient (Wildman–Crippen LogP) is 4.25. The Morgan fingerprint density at radius 1 is 1.12 bits per heavy atom. The van der Waals surface area contributed by atoms with Crippen LogP contribution in [0.3, 0.4) is 0 Å². The minimum Gasteiger partial charge on any atom is -0.465 e. The van der Waals surface area contributed by atoms with E-state index >= 15 is 0 Å². The van der Waals surface area contributed by atoms with E-state index in [4.69, 9.17) is 9.47 Å². The molecule has 2 atom stereocenters. The van der Waals surface area contributed by atoms with Gasteiger partial charge in [0.1, 0.15) is 6.10 Å². The molecular formula is C20H28O4. The van der Waals surface area contributed by atoms with Crippen molar-refractivity contribution in [3.05, 3.63) is 42.0 Å². The zero-order valence-electron chi connectivity index (χ0n) is 15.0. The molecule has 0 radical (unpaired) electrons. The standard InChI is InChI=1S/C20H28O4/c1-5-9-18(20(22)23-14-15(2)3)16(4)24-19(21)13-12-17-10-7-6-8-11-17/h6-8,10-13,15-16,18H,5,9,14H2,1-4H3/b13-12+. The van der Waals surface area contributed by atoms with E-state index in [1.807, 2.05) is 51.1 Å². The van der Waals surface area contributed by atoms with Gasteiger partial charge >= 0.3 is 11.9 Å². The van der Waals surface area contributed by atoms with Gasteiger partial charge in [0, 0.05) is 6.08 Å². The molecule has 0 aliphatic heterocycles. The van der Waals surface area contributed by atoms with Crippen LogP contribution in [0, 0.1) is 11.8 Å². The Kier molecular flexibility index (Phi) is 8.84. The van der Waals surface area contributed by atoms with Crippen molar-refractivity contribution in [2.45, 2.75) is 46.6 Å². The van der Waals surface area contributed by atoms with Crippen molar-refractivity contribution >= 4 is 18.0 Å². The third-order valence-electron chi connectivity index (χ3n) is 3.54. The van der Waals surface area contributed by atoms with Gasteiger partial charge in [0.2, 0.25) is 0 Å². The lowest BCUT2D eigenvalue weighted by molar-refractivity contribution is -0.159. The summed E-state index contributed by atoms with van der Waals surface area (Å²) in [7, 11) is 0. The largest absolute Gasteiger partial charge is 0.465 e. The van der Waals surface area contributed by atoms with Gasteiger partial charge in [-0.05, 0) is 30.9 Å². The lowest BCUT2D eigenvalue weighted by Gasteiger charge is -2.22. The molecule has 0 fully saturated rings. The molecule has 2 unspecified atom stereocenters. The molecule has 1 aromatic carbocycles. The third-order valence-corrected chi connectivity index (χ3v) is 3.54. The van der Waals surface area contributed by atoms with Gasteiger partial charge < -0.3 is 9.47 Å². The highest BCUT2D eigenvalue weighted by Crippen LogP contribution is 2.17. The Morgan fingerprint density at radius 2 is 1.79 bits per heavy atom. The van der Waals surface area contributed by atoms with Gasteiger partial charge in [0.05, 0.1) is 12.5 Å². The highest BCUT2D eigenvalue weighted by molar-refractivity contribution is 5.87. The maximum atomic E-state index is 12.2. The average Bonchev–Trinajstić information content (AvgIpc) is 2.56. The monoisotopic (exact) mass is 332 g/mol. The van der Waals surface area contributed by atoms with Crippen molar-refractivity contribution in [3.63, 3.8) is 0 Å². The Morgan fingerprint density at radius 3 is 2.38 bits per heavy atom. The lowest BCUT2D eigenvalue weighted by atomic mass is 9.98. The molecule has 0 saturated heterocycles. The summed E-state index contributed by atoms with van der Waals surface area (Å²) in [6.07, 6.45) is 4.02. The van der Waals surface area contributed by atoms with E-state index in [2.05, 4.69) is 0 Å². The van der Waals surface area contributed by atoms with Crippen LogP contribution in [0.5, 0.6) is 0 Å². The fourth-order valence-corrected chi connectivity index (χ4v) is 2.24. The predicted molar refractivity (Wildman–Crippen MR) is 95.2 cm³/mol. The van der Waals surface area contributed by atoms with E-state index in [-0.39, 0.29) is 11.9 Å². The van der Waals surface area contributed by atoms with E-state index in [9.17, 15) is 9.59 Å². The third kappa shape index (κ3) is 7.44. The van der Waals surface area contributed by atoms with Crippen LogP contribution in [0.25, 0.3) is 6.08 Å². The second-order valence-corrected chi connectivity index (χ2v) is 6.31. The normalized spacial score (nSPS) is 13.7. The van der Waals surface area contributed by atoms with Crippen molar-refractivity contribution in [3.8, 4) is 0 Å². The number of carbonyl (C=O) groups excluding carboxylic acids is 2. The van der Waals surface area contributed by atoms with E-state index in [1.54, 1.807) is 13.0 Å². The summed E-state index contributed by atoms with van der Waals surface area (Å²) >= 11 is 0. The topological polar surface area (TPSA) is 52.6 Å². The van der Waals surface area contributed by atoms with Gasteiger partial charge in [-0.15, -0.1) is 0 Å². The molecule has 0 aliphatic rings. The molecule has 1 rings (SSSR count). The Balaban J connectivity index is 2.60. The van der Waals surface area contributed by atoms with Crippen molar-refractivity contribution in [2.24, 2.45) is 11.8 Å². The number of benzene rings is 1. The number of hydrogen-bond acceptors (Lipinski definition) is 4. The minimum atomic E-state index is -0.516. The van der Waals surface area contributed by atoms with Crippen LogP contribution in [0.15, 0.2) is 36.4 Å². The molecule has 132 valence electrons. The molecular weight excluding hydrogens is 304 g/mol. The fraction of sp³-hybridized carbons (Fsp3) is 0.500. The Hall–Kier alpha value is -2.10. The number of rotatable bonds is 9. The first-order valence-electron chi connectivity index (χ1n) is 8.54.